The van der Waals surface area contributed by atoms with Gasteiger partial charge in [0.25, 0.3) is 0 Å². The first-order chi connectivity index (χ1) is 8.36. The van der Waals surface area contributed by atoms with E-state index in [2.05, 4.69) is 35.8 Å². The van der Waals surface area contributed by atoms with Gasteiger partial charge in [0, 0.05) is 26.1 Å². The summed E-state index contributed by atoms with van der Waals surface area (Å²) < 4.78 is 9.94. The number of fused-ring (bicyclic) bond motifs is 2. The summed E-state index contributed by atoms with van der Waals surface area (Å²) in [6, 6.07) is 0. The van der Waals surface area contributed by atoms with Crippen molar-refractivity contribution >= 4 is 0 Å². The number of hydrogen-bond donors (Lipinski definition) is 0. The molecule has 0 spiro atoms. The summed E-state index contributed by atoms with van der Waals surface area (Å²) >= 11 is 0. The summed E-state index contributed by atoms with van der Waals surface area (Å²) in [5.41, 5.74) is 0. The highest BCUT2D eigenvalue weighted by Gasteiger charge is 2.42. The Bertz CT molecular complexity index is 364. The van der Waals surface area contributed by atoms with Gasteiger partial charge in [-0.05, 0) is 18.3 Å². The second-order valence-electron chi connectivity index (χ2n) is 4.51. The van der Waals surface area contributed by atoms with Crippen molar-refractivity contribution in [2.24, 2.45) is 23.7 Å². The third-order valence-corrected chi connectivity index (χ3v) is 3.43. The maximum Gasteiger partial charge on any atom is 0.107 e. The molecule has 1 fully saturated rings. The SMILES string of the molecule is COCC#C[C@@H]1[C@H](C#CCOC)[C@H]2C=C[C@@H]1C2. The van der Waals surface area contributed by atoms with Gasteiger partial charge in [0.2, 0.25) is 0 Å². The van der Waals surface area contributed by atoms with Gasteiger partial charge in [-0.2, -0.15) is 0 Å². The molecule has 0 aromatic carbocycles. The molecule has 90 valence electrons. The van der Waals surface area contributed by atoms with Crippen LogP contribution in [0.2, 0.25) is 0 Å². The van der Waals surface area contributed by atoms with Crippen LogP contribution < -0.4 is 0 Å². The van der Waals surface area contributed by atoms with Crippen molar-refractivity contribution in [3.63, 3.8) is 0 Å². The lowest BCUT2D eigenvalue weighted by Gasteiger charge is -2.18. The van der Waals surface area contributed by atoms with Crippen LogP contribution >= 0.6 is 0 Å². The van der Waals surface area contributed by atoms with Gasteiger partial charge in [0.1, 0.15) is 13.2 Å². The molecule has 2 aliphatic rings. The largest absolute Gasteiger partial charge is 0.372 e. The molecule has 2 heteroatoms. The van der Waals surface area contributed by atoms with Gasteiger partial charge in [-0.3, -0.25) is 0 Å². The monoisotopic (exact) mass is 230 g/mol. The lowest BCUT2D eigenvalue weighted by molar-refractivity contribution is 0.239. The first-order valence-corrected chi connectivity index (χ1v) is 5.99. The molecule has 1 saturated carbocycles. The lowest BCUT2D eigenvalue weighted by Crippen LogP contribution is -2.16. The molecule has 0 saturated heterocycles. The van der Waals surface area contributed by atoms with Crippen molar-refractivity contribution in [2.75, 3.05) is 27.4 Å². The Morgan fingerprint density at radius 3 is 1.82 bits per heavy atom. The van der Waals surface area contributed by atoms with Gasteiger partial charge in [0.15, 0.2) is 0 Å². The highest BCUT2D eigenvalue weighted by molar-refractivity contribution is 5.28. The van der Waals surface area contributed by atoms with E-state index in [-0.39, 0.29) is 0 Å². The molecule has 2 nitrogen and oxygen atoms in total. The molecule has 0 heterocycles. The molecule has 0 unspecified atom stereocenters. The topological polar surface area (TPSA) is 18.5 Å². The van der Waals surface area contributed by atoms with Gasteiger partial charge in [0.05, 0.1) is 0 Å². The molecule has 0 radical (unpaired) electrons. The summed E-state index contributed by atoms with van der Waals surface area (Å²) in [4.78, 5) is 0. The molecule has 17 heavy (non-hydrogen) atoms. The Kier molecular flexibility index (Phi) is 4.26. The van der Waals surface area contributed by atoms with E-state index in [4.69, 9.17) is 9.47 Å². The Hall–Kier alpha value is -1.22. The molecule has 0 aromatic heterocycles. The molecule has 2 rings (SSSR count). The summed E-state index contributed by atoms with van der Waals surface area (Å²) in [6.07, 6.45) is 5.80. The first-order valence-electron chi connectivity index (χ1n) is 5.99. The summed E-state index contributed by atoms with van der Waals surface area (Å²) in [6.45, 7) is 1.02. The lowest BCUT2D eigenvalue weighted by atomic mass is 9.84. The number of ether oxygens (including phenoxy) is 2. The highest BCUT2D eigenvalue weighted by Crippen LogP contribution is 2.47. The standard InChI is InChI=1S/C15H18O2/c1-16-9-3-5-14-12-7-8-13(11-12)15(14)6-4-10-17-2/h7-8,12-15H,9-11H2,1-2H3/t12-,13+,14+,15-. The molecular weight excluding hydrogens is 212 g/mol. The fourth-order valence-corrected chi connectivity index (χ4v) is 2.68. The van der Waals surface area contributed by atoms with Gasteiger partial charge in [-0.15, -0.1) is 0 Å². The minimum Gasteiger partial charge on any atom is -0.372 e. The van der Waals surface area contributed by atoms with E-state index in [1.807, 2.05) is 0 Å². The third-order valence-electron chi connectivity index (χ3n) is 3.43. The average Bonchev–Trinajstić information content (AvgIpc) is 2.92. The predicted octanol–water partition coefficient (Wildman–Crippen LogP) is 1.72. The third kappa shape index (κ3) is 2.72. The second-order valence-corrected chi connectivity index (χ2v) is 4.51. The molecule has 0 amide bonds. The molecule has 0 aromatic rings. The number of rotatable bonds is 2. The Morgan fingerprint density at radius 2 is 1.41 bits per heavy atom. The molecule has 0 aliphatic heterocycles. The molecule has 2 bridgehead atoms. The van der Waals surface area contributed by atoms with E-state index in [0.717, 1.165) is 0 Å². The molecule has 0 N–H and O–H groups in total. The second kappa shape index (κ2) is 5.92. The van der Waals surface area contributed by atoms with Crippen LogP contribution in [0.3, 0.4) is 0 Å². The van der Waals surface area contributed by atoms with Crippen LogP contribution in [0.15, 0.2) is 12.2 Å². The van der Waals surface area contributed by atoms with E-state index in [9.17, 15) is 0 Å². The zero-order valence-electron chi connectivity index (χ0n) is 10.4. The molecular formula is C15H18O2. The molecule has 2 aliphatic carbocycles. The zero-order chi connectivity index (χ0) is 12.1. The summed E-state index contributed by atoms with van der Waals surface area (Å²) in [5.74, 6) is 14.7. The van der Waals surface area contributed by atoms with E-state index in [1.165, 1.54) is 6.42 Å². The fraction of sp³-hybridized carbons (Fsp3) is 0.600. The highest BCUT2D eigenvalue weighted by atomic mass is 16.5. The van der Waals surface area contributed by atoms with Crippen LogP contribution in [0.25, 0.3) is 0 Å². The molecule has 4 atom stereocenters. The van der Waals surface area contributed by atoms with Crippen molar-refractivity contribution in [1.29, 1.82) is 0 Å². The van der Waals surface area contributed by atoms with E-state index in [0.29, 0.717) is 36.9 Å². The van der Waals surface area contributed by atoms with Crippen molar-refractivity contribution in [3.8, 4) is 23.7 Å². The Labute approximate surface area is 103 Å². The number of allylic oxidation sites excluding steroid dienone is 2. The Morgan fingerprint density at radius 1 is 0.941 bits per heavy atom. The van der Waals surface area contributed by atoms with Crippen molar-refractivity contribution in [1.82, 2.24) is 0 Å². The van der Waals surface area contributed by atoms with Crippen LogP contribution in [-0.2, 0) is 9.47 Å². The predicted molar refractivity (Wildman–Crippen MR) is 67.0 cm³/mol. The van der Waals surface area contributed by atoms with Crippen LogP contribution in [0, 0.1) is 47.4 Å². The zero-order valence-corrected chi connectivity index (χ0v) is 10.4. The van der Waals surface area contributed by atoms with E-state index < -0.39 is 0 Å². The number of hydrogen-bond acceptors (Lipinski definition) is 2. The minimum absolute atomic E-state index is 0.379. The van der Waals surface area contributed by atoms with Crippen molar-refractivity contribution in [3.05, 3.63) is 12.2 Å². The van der Waals surface area contributed by atoms with Crippen molar-refractivity contribution in [2.45, 2.75) is 6.42 Å². The van der Waals surface area contributed by atoms with Crippen molar-refractivity contribution < 1.29 is 9.47 Å². The van der Waals surface area contributed by atoms with Crippen LogP contribution in [-0.4, -0.2) is 27.4 Å². The maximum atomic E-state index is 4.97. The number of methoxy groups -OCH3 is 2. The average molecular weight is 230 g/mol. The summed E-state index contributed by atoms with van der Waals surface area (Å²) in [7, 11) is 3.34. The fourth-order valence-electron chi connectivity index (χ4n) is 2.68. The minimum atomic E-state index is 0.379. The summed E-state index contributed by atoms with van der Waals surface area (Å²) in [5, 5.41) is 0. The Balaban J connectivity index is 2.06. The van der Waals surface area contributed by atoms with Gasteiger partial charge >= 0.3 is 0 Å². The van der Waals surface area contributed by atoms with Gasteiger partial charge in [-0.1, -0.05) is 35.8 Å². The van der Waals surface area contributed by atoms with Gasteiger partial charge < -0.3 is 9.47 Å². The van der Waals surface area contributed by atoms with Crippen LogP contribution in [0.1, 0.15) is 6.42 Å². The van der Waals surface area contributed by atoms with E-state index in [1.54, 1.807) is 14.2 Å². The van der Waals surface area contributed by atoms with Gasteiger partial charge in [-0.25, -0.2) is 0 Å². The maximum absolute atomic E-state index is 4.97. The van der Waals surface area contributed by atoms with Crippen LogP contribution in [0.5, 0.6) is 0 Å². The first kappa shape index (κ1) is 12.2. The normalized spacial score (nSPS) is 32.8. The van der Waals surface area contributed by atoms with E-state index >= 15 is 0 Å². The van der Waals surface area contributed by atoms with Crippen LogP contribution in [0.4, 0.5) is 0 Å². The smallest absolute Gasteiger partial charge is 0.107 e. The quantitative estimate of drug-likeness (QED) is 0.531.